The van der Waals surface area contributed by atoms with Gasteiger partial charge >= 0.3 is 0 Å². The molecule has 0 aliphatic rings. The minimum absolute atomic E-state index is 0.246. The smallest absolute Gasteiger partial charge is 0.236 e. The van der Waals surface area contributed by atoms with Crippen LogP contribution in [0, 0.1) is 0 Å². The maximum Gasteiger partial charge on any atom is 0.269 e. The highest BCUT2D eigenvalue weighted by molar-refractivity contribution is 7.90. The third-order valence-corrected chi connectivity index (χ3v) is 4.62. The summed E-state index contributed by atoms with van der Waals surface area (Å²) >= 11 is 0. The Balaban J connectivity index is 2.16. The molecule has 4 nitrogen and oxygen atoms in total. The lowest BCUT2D eigenvalue weighted by Gasteiger charge is -2.09. The Morgan fingerprint density at radius 2 is 1.45 bits per heavy atom. The summed E-state index contributed by atoms with van der Waals surface area (Å²) in [5.41, 5.74) is 0.761. The fourth-order valence-electron chi connectivity index (χ4n) is 1.98. The topological polar surface area (TPSA) is 52.0 Å². The minimum Gasteiger partial charge on any atom is -0.236 e. The number of rotatable bonds is 3. The molecule has 0 aliphatic carbocycles. The monoisotopic (exact) mass is 284 g/mol. The molecule has 0 radical (unpaired) electrons. The number of hydrogen-bond acceptors (Lipinski definition) is 3. The van der Waals surface area contributed by atoms with Crippen LogP contribution in [0.15, 0.2) is 78.0 Å². The predicted molar refractivity (Wildman–Crippen MR) is 76.7 cm³/mol. The number of hydrogen-bond donors (Lipinski definition) is 0. The third-order valence-electron chi connectivity index (χ3n) is 2.94. The summed E-state index contributed by atoms with van der Waals surface area (Å²) in [5, 5.41) is 0. The Labute approximate surface area is 117 Å². The molecule has 1 heterocycles. The highest BCUT2D eigenvalue weighted by atomic mass is 32.2. The fourth-order valence-corrected chi connectivity index (χ4v) is 3.30. The lowest BCUT2D eigenvalue weighted by Crippen LogP contribution is -2.13. The summed E-state index contributed by atoms with van der Waals surface area (Å²) in [5.74, 6) is 0.412. The SMILES string of the molecule is O=S(=O)(c1ccccc1)n1ccnc1-c1ccccc1. The molecule has 5 heteroatoms. The van der Waals surface area contributed by atoms with Gasteiger partial charge in [-0.25, -0.2) is 17.4 Å². The van der Waals surface area contributed by atoms with Crippen molar-refractivity contribution in [1.82, 2.24) is 8.96 Å². The van der Waals surface area contributed by atoms with Crippen LogP contribution >= 0.6 is 0 Å². The van der Waals surface area contributed by atoms with Gasteiger partial charge in [-0.2, -0.15) is 0 Å². The largest absolute Gasteiger partial charge is 0.269 e. The second kappa shape index (κ2) is 4.94. The van der Waals surface area contributed by atoms with Crippen molar-refractivity contribution >= 4 is 10.0 Å². The highest BCUT2D eigenvalue weighted by Crippen LogP contribution is 2.22. The van der Waals surface area contributed by atoms with Crippen molar-refractivity contribution in [3.05, 3.63) is 73.1 Å². The van der Waals surface area contributed by atoms with E-state index in [0.717, 1.165) is 5.56 Å². The highest BCUT2D eigenvalue weighted by Gasteiger charge is 2.20. The van der Waals surface area contributed by atoms with Gasteiger partial charge in [-0.15, -0.1) is 0 Å². The van der Waals surface area contributed by atoms with Crippen LogP contribution in [0.3, 0.4) is 0 Å². The van der Waals surface area contributed by atoms with Crippen LogP contribution in [0.5, 0.6) is 0 Å². The van der Waals surface area contributed by atoms with E-state index in [-0.39, 0.29) is 4.90 Å². The van der Waals surface area contributed by atoms with Gasteiger partial charge in [-0.05, 0) is 12.1 Å². The van der Waals surface area contributed by atoms with E-state index in [4.69, 9.17) is 0 Å². The van der Waals surface area contributed by atoms with E-state index >= 15 is 0 Å². The minimum atomic E-state index is -3.62. The van der Waals surface area contributed by atoms with Crippen molar-refractivity contribution in [1.29, 1.82) is 0 Å². The van der Waals surface area contributed by atoms with Crippen molar-refractivity contribution in [2.45, 2.75) is 4.90 Å². The van der Waals surface area contributed by atoms with Crippen LogP contribution in [0.4, 0.5) is 0 Å². The maximum atomic E-state index is 12.6. The molecule has 0 spiro atoms. The van der Waals surface area contributed by atoms with Crippen molar-refractivity contribution in [2.24, 2.45) is 0 Å². The quantitative estimate of drug-likeness (QED) is 0.743. The molecule has 0 atom stereocenters. The first kappa shape index (κ1) is 12.6. The number of aromatic nitrogens is 2. The molecule has 0 bridgehead atoms. The molecule has 0 amide bonds. The van der Waals surface area contributed by atoms with Gasteiger partial charge in [0.05, 0.1) is 4.90 Å². The lowest BCUT2D eigenvalue weighted by atomic mass is 10.2. The van der Waals surface area contributed by atoms with Crippen LogP contribution in [-0.4, -0.2) is 17.4 Å². The molecule has 2 aromatic carbocycles. The van der Waals surface area contributed by atoms with Crippen molar-refractivity contribution in [3.63, 3.8) is 0 Å². The summed E-state index contributed by atoms with van der Waals surface area (Å²) < 4.78 is 26.4. The van der Waals surface area contributed by atoms with Crippen molar-refractivity contribution < 1.29 is 8.42 Å². The van der Waals surface area contributed by atoms with E-state index in [2.05, 4.69) is 4.98 Å². The predicted octanol–water partition coefficient (Wildman–Crippen LogP) is 2.79. The molecule has 0 saturated carbocycles. The first-order valence-corrected chi connectivity index (χ1v) is 7.53. The molecule has 0 N–H and O–H groups in total. The zero-order valence-electron chi connectivity index (χ0n) is 10.5. The summed E-state index contributed by atoms with van der Waals surface area (Å²) in [4.78, 5) is 4.41. The average molecular weight is 284 g/mol. The molecule has 0 saturated heterocycles. The third kappa shape index (κ3) is 2.12. The van der Waals surface area contributed by atoms with E-state index in [1.807, 2.05) is 30.3 Å². The van der Waals surface area contributed by atoms with Gasteiger partial charge in [0.2, 0.25) is 0 Å². The van der Waals surface area contributed by atoms with Crippen molar-refractivity contribution in [2.75, 3.05) is 0 Å². The maximum absolute atomic E-state index is 12.6. The van der Waals surface area contributed by atoms with Gasteiger partial charge in [0.25, 0.3) is 10.0 Å². The Kier molecular flexibility index (Phi) is 3.12. The zero-order chi connectivity index (χ0) is 14.0. The number of benzene rings is 2. The van der Waals surface area contributed by atoms with Gasteiger partial charge in [0.15, 0.2) is 5.82 Å². The summed E-state index contributed by atoms with van der Waals surface area (Å²) in [6, 6.07) is 17.6. The molecule has 0 fully saturated rings. The van der Waals surface area contributed by atoms with Gasteiger partial charge in [0.1, 0.15) is 0 Å². The normalized spacial score (nSPS) is 11.4. The Bertz CT molecular complexity index is 809. The van der Waals surface area contributed by atoms with E-state index in [0.29, 0.717) is 5.82 Å². The van der Waals surface area contributed by atoms with Crippen LogP contribution < -0.4 is 0 Å². The Hall–Kier alpha value is -2.40. The Morgan fingerprint density at radius 3 is 2.10 bits per heavy atom. The zero-order valence-corrected chi connectivity index (χ0v) is 11.4. The standard InChI is InChI=1S/C15H12N2O2S/c18-20(19,14-9-5-2-6-10-14)17-12-11-16-15(17)13-7-3-1-4-8-13/h1-12H. The summed E-state index contributed by atoms with van der Waals surface area (Å²) in [6.07, 6.45) is 2.95. The van der Waals surface area contributed by atoms with Crippen molar-refractivity contribution in [3.8, 4) is 11.4 Å². The second-order valence-corrected chi connectivity index (χ2v) is 6.05. The molecule has 100 valence electrons. The molecule has 3 aromatic rings. The molecule has 20 heavy (non-hydrogen) atoms. The van der Waals surface area contributed by atoms with Crippen LogP contribution in [0.2, 0.25) is 0 Å². The van der Waals surface area contributed by atoms with Gasteiger partial charge in [0, 0.05) is 18.0 Å². The molecule has 0 unspecified atom stereocenters. The summed E-state index contributed by atoms with van der Waals surface area (Å²) in [7, 11) is -3.62. The van der Waals surface area contributed by atoms with E-state index in [1.165, 1.54) is 16.4 Å². The van der Waals surface area contributed by atoms with Gasteiger partial charge < -0.3 is 0 Å². The molecule has 3 rings (SSSR count). The second-order valence-electron chi connectivity index (χ2n) is 4.23. The lowest BCUT2D eigenvalue weighted by molar-refractivity contribution is 0.588. The summed E-state index contributed by atoms with van der Waals surface area (Å²) in [6.45, 7) is 0. The van der Waals surface area contributed by atoms with Crippen LogP contribution in [-0.2, 0) is 10.0 Å². The van der Waals surface area contributed by atoms with E-state index in [1.54, 1.807) is 30.3 Å². The number of nitrogens with zero attached hydrogens (tertiary/aromatic N) is 2. The molecule has 1 aromatic heterocycles. The van der Waals surface area contributed by atoms with Crippen LogP contribution in [0.1, 0.15) is 0 Å². The molecular weight excluding hydrogens is 272 g/mol. The molecular formula is C15H12N2O2S. The first-order valence-electron chi connectivity index (χ1n) is 6.09. The van der Waals surface area contributed by atoms with Crippen LogP contribution in [0.25, 0.3) is 11.4 Å². The average Bonchev–Trinajstić information content (AvgIpc) is 2.99. The fraction of sp³-hybridized carbons (Fsp3) is 0. The van der Waals surface area contributed by atoms with E-state index < -0.39 is 10.0 Å². The molecule has 0 aliphatic heterocycles. The van der Waals surface area contributed by atoms with E-state index in [9.17, 15) is 8.42 Å². The van der Waals surface area contributed by atoms with Gasteiger partial charge in [-0.3, -0.25) is 0 Å². The first-order chi connectivity index (χ1) is 9.69. The number of imidazole rings is 1. The Morgan fingerprint density at radius 1 is 0.850 bits per heavy atom. The van der Waals surface area contributed by atoms with Gasteiger partial charge in [-0.1, -0.05) is 48.5 Å².